The first-order valence-corrected chi connectivity index (χ1v) is 8.62. The van der Waals surface area contributed by atoms with E-state index in [0.29, 0.717) is 29.1 Å². The molecule has 0 atom stereocenters. The summed E-state index contributed by atoms with van der Waals surface area (Å²) in [6, 6.07) is 12.9. The Kier molecular flexibility index (Phi) is 4.59. The average Bonchev–Trinajstić information content (AvgIpc) is 3.15. The number of nitrogens with zero attached hydrogens (tertiary/aromatic N) is 3. The van der Waals surface area contributed by atoms with E-state index in [1.165, 1.54) is 0 Å². The molecule has 4 rings (SSSR count). The zero-order chi connectivity index (χ0) is 19.5. The van der Waals surface area contributed by atoms with Crippen molar-refractivity contribution in [2.75, 3.05) is 12.8 Å². The van der Waals surface area contributed by atoms with Gasteiger partial charge < -0.3 is 20.8 Å². The number of anilines is 1. The lowest BCUT2D eigenvalue weighted by atomic mass is 10.1. The smallest absolute Gasteiger partial charge is 0.253 e. The van der Waals surface area contributed by atoms with Crippen molar-refractivity contribution in [2.24, 2.45) is 0 Å². The zero-order valence-electron chi connectivity index (χ0n) is 15.1. The van der Waals surface area contributed by atoms with Crippen molar-refractivity contribution in [1.29, 1.82) is 0 Å². The van der Waals surface area contributed by atoms with E-state index in [4.69, 9.17) is 10.5 Å². The van der Waals surface area contributed by atoms with Gasteiger partial charge in [0.2, 0.25) is 5.95 Å². The van der Waals surface area contributed by atoms with E-state index < -0.39 is 0 Å². The van der Waals surface area contributed by atoms with Gasteiger partial charge in [-0.1, -0.05) is 12.1 Å². The number of benzene rings is 1. The fraction of sp³-hybridized carbons (Fsp3) is 0.100. The van der Waals surface area contributed by atoms with Crippen LogP contribution in [0.2, 0.25) is 0 Å². The third-order valence-corrected chi connectivity index (χ3v) is 4.31. The Morgan fingerprint density at radius 1 is 1.18 bits per heavy atom. The molecule has 0 saturated carbocycles. The number of hydrogen-bond acceptors (Lipinski definition) is 6. The molecule has 28 heavy (non-hydrogen) atoms. The van der Waals surface area contributed by atoms with Gasteiger partial charge >= 0.3 is 0 Å². The molecule has 1 aromatic carbocycles. The number of ether oxygens (including phenoxy) is 1. The van der Waals surface area contributed by atoms with Gasteiger partial charge in [0.25, 0.3) is 5.91 Å². The highest BCUT2D eigenvalue weighted by atomic mass is 16.5. The fourth-order valence-electron chi connectivity index (χ4n) is 2.91. The number of aromatic amines is 1. The Bertz CT molecular complexity index is 1150. The molecule has 0 spiro atoms. The van der Waals surface area contributed by atoms with Crippen LogP contribution in [0.1, 0.15) is 15.9 Å². The quantitative estimate of drug-likeness (QED) is 0.494. The number of nitrogens with one attached hydrogen (secondary N) is 2. The Morgan fingerprint density at radius 3 is 2.86 bits per heavy atom. The van der Waals surface area contributed by atoms with Gasteiger partial charge in [-0.2, -0.15) is 0 Å². The summed E-state index contributed by atoms with van der Waals surface area (Å²) in [6.07, 6.45) is 3.23. The van der Waals surface area contributed by atoms with Crippen LogP contribution >= 0.6 is 0 Å². The van der Waals surface area contributed by atoms with Gasteiger partial charge in [0, 0.05) is 24.3 Å². The van der Waals surface area contributed by atoms with E-state index >= 15 is 0 Å². The van der Waals surface area contributed by atoms with Crippen LogP contribution in [0.5, 0.6) is 5.75 Å². The molecule has 8 heteroatoms. The van der Waals surface area contributed by atoms with Crippen molar-refractivity contribution in [3.63, 3.8) is 0 Å². The second kappa shape index (κ2) is 7.36. The highest BCUT2D eigenvalue weighted by molar-refractivity contribution is 6.06. The molecular formula is C20H18N6O2. The summed E-state index contributed by atoms with van der Waals surface area (Å²) >= 11 is 0. The number of H-pyrrole nitrogens is 1. The summed E-state index contributed by atoms with van der Waals surface area (Å²) in [7, 11) is 1.61. The second-order valence-electron chi connectivity index (χ2n) is 6.13. The zero-order valence-corrected chi connectivity index (χ0v) is 15.1. The minimum atomic E-state index is -0.185. The van der Waals surface area contributed by atoms with Crippen LogP contribution in [0.15, 0.2) is 54.9 Å². The van der Waals surface area contributed by atoms with Gasteiger partial charge in [-0.25, -0.2) is 15.0 Å². The monoisotopic (exact) mass is 374 g/mol. The van der Waals surface area contributed by atoms with E-state index in [-0.39, 0.29) is 11.9 Å². The summed E-state index contributed by atoms with van der Waals surface area (Å²) in [6.45, 7) is 0.397. The summed E-state index contributed by atoms with van der Waals surface area (Å²) in [5, 5.41) is 3.65. The van der Waals surface area contributed by atoms with Crippen molar-refractivity contribution < 1.29 is 9.53 Å². The van der Waals surface area contributed by atoms with Crippen LogP contribution in [0.25, 0.3) is 22.4 Å². The third-order valence-electron chi connectivity index (χ3n) is 4.31. The number of rotatable bonds is 5. The maximum absolute atomic E-state index is 12.6. The van der Waals surface area contributed by atoms with Crippen LogP contribution in [0, 0.1) is 0 Å². The number of aromatic nitrogens is 4. The van der Waals surface area contributed by atoms with E-state index in [0.717, 1.165) is 16.7 Å². The van der Waals surface area contributed by atoms with Gasteiger partial charge in [0.15, 0.2) is 0 Å². The number of amides is 1. The molecular weight excluding hydrogens is 356 g/mol. The molecule has 140 valence electrons. The van der Waals surface area contributed by atoms with Crippen LogP contribution in [-0.2, 0) is 6.54 Å². The summed E-state index contributed by atoms with van der Waals surface area (Å²) < 4.78 is 5.20. The van der Waals surface area contributed by atoms with E-state index in [1.807, 2.05) is 30.3 Å². The summed E-state index contributed by atoms with van der Waals surface area (Å²) in [5.41, 5.74) is 8.98. The second-order valence-corrected chi connectivity index (χ2v) is 6.13. The molecule has 0 saturated heterocycles. The van der Waals surface area contributed by atoms with Crippen molar-refractivity contribution in [1.82, 2.24) is 25.3 Å². The normalized spacial score (nSPS) is 10.8. The number of carbonyl (C=O) groups excluding carboxylic acids is 1. The fourth-order valence-corrected chi connectivity index (χ4v) is 2.91. The molecule has 4 N–H and O–H groups in total. The molecule has 3 aromatic heterocycles. The molecule has 0 bridgehead atoms. The Morgan fingerprint density at radius 2 is 2.04 bits per heavy atom. The number of nitrogens with two attached hydrogens (primary N) is 1. The Hall–Kier alpha value is -3.94. The number of methoxy groups -OCH3 is 1. The van der Waals surface area contributed by atoms with Crippen LogP contribution in [-0.4, -0.2) is 33.0 Å². The number of fused-ring (bicyclic) bond motifs is 1. The number of nitrogen functional groups attached to an aromatic ring is 1. The van der Waals surface area contributed by atoms with Crippen molar-refractivity contribution >= 4 is 22.9 Å². The van der Waals surface area contributed by atoms with Crippen molar-refractivity contribution in [3.8, 4) is 17.1 Å². The first-order chi connectivity index (χ1) is 13.6. The van der Waals surface area contributed by atoms with Gasteiger partial charge in [-0.3, -0.25) is 4.79 Å². The number of carbonyl (C=O) groups is 1. The Labute approximate surface area is 160 Å². The maximum atomic E-state index is 12.6. The molecule has 4 aromatic rings. The predicted octanol–water partition coefficient (Wildman–Crippen LogP) is 2.54. The molecule has 0 fully saturated rings. The first kappa shape index (κ1) is 17.5. The molecule has 0 aliphatic heterocycles. The Balaban J connectivity index is 1.54. The lowest BCUT2D eigenvalue weighted by Gasteiger charge is -2.06. The van der Waals surface area contributed by atoms with Gasteiger partial charge in [-0.05, 0) is 35.9 Å². The number of hydrogen-bond donors (Lipinski definition) is 3. The van der Waals surface area contributed by atoms with Crippen LogP contribution in [0.4, 0.5) is 5.95 Å². The van der Waals surface area contributed by atoms with Crippen molar-refractivity contribution in [3.05, 3.63) is 66.0 Å². The largest absolute Gasteiger partial charge is 0.497 e. The lowest BCUT2D eigenvalue weighted by Crippen LogP contribution is -2.22. The molecule has 0 aliphatic rings. The maximum Gasteiger partial charge on any atom is 0.253 e. The third kappa shape index (κ3) is 3.48. The standard InChI is InChI=1S/C20H18N6O2/c1-28-13-4-2-3-12(9-13)10-24-19(27)15-11-23-18-14(15)5-6-16(25-18)17-7-8-22-20(21)26-17/h2-9,11H,10H2,1H3,(H,23,25)(H,24,27)(H2,21,22,26). The molecule has 1 amide bonds. The van der Waals surface area contributed by atoms with E-state index in [9.17, 15) is 4.79 Å². The van der Waals surface area contributed by atoms with Gasteiger partial charge in [-0.15, -0.1) is 0 Å². The molecule has 0 radical (unpaired) electrons. The average molecular weight is 374 g/mol. The highest BCUT2D eigenvalue weighted by Crippen LogP contribution is 2.22. The summed E-state index contributed by atoms with van der Waals surface area (Å²) in [5.74, 6) is 0.749. The summed E-state index contributed by atoms with van der Waals surface area (Å²) in [4.78, 5) is 28.2. The molecule has 3 heterocycles. The molecule has 0 unspecified atom stereocenters. The van der Waals surface area contributed by atoms with Crippen LogP contribution < -0.4 is 15.8 Å². The molecule has 8 nitrogen and oxygen atoms in total. The topological polar surface area (TPSA) is 119 Å². The lowest BCUT2D eigenvalue weighted by molar-refractivity contribution is 0.0952. The van der Waals surface area contributed by atoms with E-state index in [1.54, 1.807) is 31.6 Å². The minimum Gasteiger partial charge on any atom is -0.497 e. The molecule has 0 aliphatic carbocycles. The van der Waals surface area contributed by atoms with Crippen LogP contribution in [0.3, 0.4) is 0 Å². The van der Waals surface area contributed by atoms with Gasteiger partial charge in [0.1, 0.15) is 11.4 Å². The highest BCUT2D eigenvalue weighted by Gasteiger charge is 2.14. The van der Waals surface area contributed by atoms with E-state index in [2.05, 4.69) is 25.3 Å². The predicted molar refractivity (Wildman–Crippen MR) is 106 cm³/mol. The SMILES string of the molecule is COc1cccc(CNC(=O)c2c[nH]c3nc(-c4ccnc(N)n4)ccc23)c1. The van der Waals surface area contributed by atoms with Crippen molar-refractivity contribution in [2.45, 2.75) is 6.54 Å². The van der Waals surface area contributed by atoms with Gasteiger partial charge in [0.05, 0.1) is 24.1 Å². The number of pyridine rings is 1. The first-order valence-electron chi connectivity index (χ1n) is 8.62. The minimum absolute atomic E-state index is 0.184.